The van der Waals surface area contributed by atoms with Crippen molar-refractivity contribution >= 4 is 17.5 Å². The van der Waals surface area contributed by atoms with Crippen LogP contribution in [0.3, 0.4) is 0 Å². The van der Waals surface area contributed by atoms with E-state index in [0.717, 1.165) is 11.3 Å². The zero-order valence-corrected chi connectivity index (χ0v) is 14.8. The molecule has 0 fully saturated rings. The van der Waals surface area contributed by atoms with Gasteiger partial charge in [0.15, 0.2) is 0 Å². The van der Waals surface area contributed by atoms with Crippen molar-refractivity contribution in [2.24, 2.45) is 0 Å². The summed E-state index contributed by atoms with van der Waals surface area (Å²) >= 11 is 0. The van der Waals surface area contributed by atoms with Crippen LogP contribution in [0, 0.1) is 0 Å². The maximum absolute atomic E-state index is 12.2. The molecule has 150 valence electrons. The van der Waals surface area contributed by atoms with E-state index in [4.69, 9.17) is 0 Å². The quantitative estimate of drug-likeness (QED) is 0.656. The zero-order chi connectivity index (χ0) is 20.9. The predicted molar refractivity (Wildman–Crippen MR) is 96.3 cm³/mol. The minimum Gasteiger partial charge on any atom is -0.343 e. The van der Waals surface area contributed by atoms with Gasteiger partial charge in [-0.2, -0.15) is 13.2 Å². The van der Waals surface area contributed by atoms with Gasteiger partial charge in [-0.15, -0.1) is 5.10 Å². The molecule has 29 heavy (non-hydrogen) atoms. The van der Waals surface area contributed by atoms with E-state index in [9.17, 15) is 22.8 Å². The number of benzene rings is 2. The van der Waals surface area contributed by atoms with E-state index in [1.165, 1.54) is 35.3 Å². The smallest absolute Gasteiger partial charge is 0.343 e. The molecule has 0 atom stereocenters. The minimum absolute atomic E-state index is 0.0606. The average molecular weight is 404 g/mol. The number of tetrazole rings is 1. The van der Waals surface area contributed by atoms with E-state index in [1.807, 2.05) is 0 Å². The largest absolute Gasteiger partial charge is 0.405 e. The second-order valence-corrected chi connectivity index (χ2v) is 6.02. The molecule has 0 unspecified atom stereocenters. The Hall–Kier alpha value is -3.76. The molecule has 1 heterocycles. The number of alkyl halides is 3. The molecule has 11 heteroatoms. The molecule has 8 nitrogen and oxygen atoms in total. The fourth-order valence-corrected chi connectivity index (χ4v) is 2.42. The van der Waals surface area contributed by atoms with Gasteiger partial charge < -0.3 is 10.6 Å². The average Bonchev–Trinajstić information content (AvgIpc) is 3.21. The van der Waals surface area contributed by atoms with E-state index in [-0.39, 0.29) is 17.9 Å². The number of carbonyl (C=O) groups is 2. The number of hydrogen-bond acceptors (Lipinski definition) is 5. The summed E-state index contributed by atoms with van der Waals surface area (Å²) in [7, 11) is 0. The van der Waals surface area contributed by atoms with Crippen molar-refractivity contribution in [3.05, 3.63) is 66.0 Å². The van der Waals surface area contributed by atoms with Crippen LogP contribution in [0.4, 0.5) is 18.9 Å². The van der Waals surface area contributed by atoms with Gasteiger partial charge in [-0.1, -0.05) is 12.1 Å². The SMILES string of the molecule is O=C(Cc1ccc(-n2cnnn2)cc1)Nc1ccc(C(=O)NCC(F)(F)F)cc1. The third-order valence-corrected chi connectivity index (χ3v) is 3.79. The fourth-order valence-electron chi connectivity index (χ4n) is 2.42. The molecule has 0 bridgehead atoms. The summed E-state index contributed by atoms with van der Waals surface area (Å²) in [6.07, 6.45) is -2.91. The summed E-state index contributed by atoms with van der Waals surface area (Å²) in [5.41, 5.74) is 2.00. The second-order valence-electron chi connectivity index (χ2n) is 6.02. The highest BCUT2D eigenvalue weighted by atomic mass is 19.4. The van der Waals surface area contributed by atoms with Crippen LogP contribution in [0.1, 0.15) is 15.9 Å². The summed E-state index contributed by atoms with van der Waals surface area (Å²) < 4.78 is 37.9. The summed E-state index contributed by atoms with van der Waals surface area (Å²) in [5.74, 6) is -1.13. The normalized spacial score (nSPS) is 11.1. The van der Waals surface area contributed by atoms with E-state index in [1.54, 1.807) is 29.6 Å². The molecular formula is C18H15F3N6O2. The molecule has 0 spiro atoms. The van der Waals surface area contributed by atoms with Crippen LogP contribution in [-0.4, -0.2) is 44.7 Å². The molecule has 3 rings (SSSR count). The molecule has 0 radical (unpaired) electrons. The Kier molecular flexibility index (Phi) is 5.86. The predicted octanol–water partition coefficient (Wildman–Crippen LogP) is 2.14. The van der Waals surface area contributed by atoms with Gasteiger partial charge in [-0.05, 0) is 52.4 Å². The number of carbonyl (C=O) groups excluding carboxylic acids is 2. The van der Waals surface area contributed by atoms with Crippen LogP contribution >= 0.6 is 0 Å². The first-order valence-corrected chi connectivity index (χ1v) is 8.37. The lowest BCUT2D eigenvalue weighted by Crippen LogP contribution is -2.33. The number of hydrogen-bond donors (Lipinski definition) is 2. The first kappa shape index (κ1) is 20.0. The first-order valence-electron chi connectivity index (χ1n) is 8.37. The van der Waals surface area contributed by atoms with Crippen LogP contribution in [0.5, 0.6) is 0 Å². The van der Waals surface area contributed by atoms with Crippen molar-refractivity contribution in [2.45, 2.75) is 12.6 Å². The number of rotatable bonds is 6. The maximum Gasteiger partial charge on any atom is 0.405 e. The Bertz CT molecular complexity index is 970. The molecular weight excluding hydrogens is 389 g/mol. The fraction of sp³-hybridized carbons (Fsp3) is 0.167. The lowest BCUT2D eigenvalue weighted by molar-refractivity contribution is -0.123. The molecule has 1 aromatic heterocycles. The topological polar surface area (TPSA) is 102 Å². The van der Waals surface area contributed by atoms with Crippen LogP contribution in [-0.2, 0) is 11.2 Å². The Labute approximate surface area is 162 Å². The Balaban J connectivity index is 1.53. The summed E-state index contributed by atoms with van der Waals surface area (Å²) in [5, 5.41) is 15.3. The highest BCUT2D eigenvalue weighted by Crippen LogP contribution is 2.14. The lowest BCUT2D eigenvalue weighted by Gasteiger charge is -2.09. The standard InChI is InChI=1S/C18H15F3N6O2/c19-18(20,21)10-22-17(29)13-3-5-14(6-4-13)24-16(28)9-12-1-7-15(8-2-12)27-11-23-25-26-27/h1-8,11H,9-10H2,(H,22,29)(H,24,28). The van der Waals surface area contributed by atoms with E-state index < -0.39 is 18.6 Å². The highest BCUT2D eigenvalue weighted by Gasteiger charge is 2.27. The Morgan fingerprint density at radius 2 is 1.69 bits per heavy atom. The van der Waals surface area contributed by atoms with Gasteiger partial charge in [-0.25, -0.2) is 4.68 Å². The molecule has 0 aliphatic heterocycles. The van der Waals surface area contributed by atoms with Gasteiger partial charge in [0.2, 0.25) is 5.91 Å². The zero-order valence-electron chi connectivity index (χ0n) is 14.8. The molecule has 0 saturated carbocycles. The van der Waals surface area contributed by atoms with Crippen molar-refractivity contribution in [3.63, 3.8) is 0 Å². The second kappa shape index (κ2) is 8.50. The summed E-state index contributed by atoms with van der Waals surface area (Å²) in [6, 6.07) is 12.6. The van der Waals surface area contributed by atoms with Crippen LogP contribution in [0.15, 0.2) is 54.9 Å². The Morgan fingerprint density at radius 1 is 1.00 bits per heavy atom. The molecule has 0 aliphatic rings. The van der Waals surface area contributed by atoms with Gasteiger partial charge in [0, 0.05) is 11.3 Å². The number of halogens is 3. The van der Waals surface area contributed by atoms with E-state index in [2.05, 4.69) is 20.8 Å². The van der Waals surface area contributed by atoms with Crippen molar-refractivity contribution in [1.82, 2.24) is 25.5 Å². The summed E-state index contributed by atoms with van der Waals surface area (Å²) in [4.78, 5) is 23.8. The summed E-state index contributed by atoms with van der Waals surface area (Å²) in [6.45, 7) is -1.41. The number of aromatic nitrogens is 4. The third-order valence-electron chi connectivity index (χ3n) is 3.79. The number of amides is 2. The molecule has 0 aliphatic carbocycles. The molecule has 3 aromatic rings. The molecule has 2 aromatic carbocycles. The number of nitrogens with one attached hydrogen (secondary N) is 2. The minimum atomic E-state index is -4.48. The third kappa shape index (κ3) is 5.86. The van der Waals surface area contributed by atoms with Crippen LogP contribution < -0.4 is 10.6 Å². The molecule has 0 saturated heterocycles. The molecule has 2 amide bonds. The van der Waals surface area contributed by atoms with Crippen LogP contribution in [0.2, 0.25) is 0 Å². The maximum atomic E-state index is 12.2. The van der Waals surface area contributed by atoms with Crippen LogP contribution in [0.25, 0.3) is 5.69 Å². The first-order chi connectivity index (χ1) is 13.8. The number of nitrogens with zero attached hydrogens (tertiary/aromatic N) is 4. The van der Waals surface area contributed by atoms with Crippen molar-refractivity contribution in [3.8, 4) is 5.69 Å². The van der Waals surface area contributed by atoms with E-state index >= 15 is 0 Å². The van der Waals surface area contributed by atoms with Crippen molar-refractivity contribution in [2.75, 3.05) is 11.9 Å². The van der Waals surface area contributed by atoms with Gasteiger partial charge in [0.1, 0.15) is 12.9 Å². The van der Waals surface area contributed by atoms with Gasteiger partial charge in [0.25, 0.3) is 5.91 Å². The number of anilines is 1. The molecule has 2 N–H and O–H groups in total. The van der Waals surface area contributed by atoms with Gasteiger partial charge >= 0.3 is 6.18 Å². The van der Waals surface area contributed by atoms with Crippen molar-refractivity contribution in [1.29, 1.82) is 0 Å². The van der Waals surface area contributed by atoms with E-state index in [0.29, 0.717) is 5.69 Å². The van der Waals surface area contributed by atoms with Gasteiger partial charge in [0.05, 0.1) is 12.1 Å². The Morgan fingerprint density at radius 3 is 2.28 bits per heavy atom. The van der Waals surface area contributed by atoms with Crippen molar-refractivity contribution < 1.29 is 22.8 Å². The highest BCUT2D eigenvalue weighted by molar-refractivity contribution is 5.96. The lowest BCUT2D eigenvalue weighted by atomic mass is 10.1. The van der Waals surface area contributed by atoms with Gasteiger partial charge in [-0.3, -0.25) is 9.59 Å². The monoisotopic (exact) mass is 404 g/mol.